The summed E-state index contributed by atoms with van der Waals surface area (Å²) < 4.78 is 50.4. The number of nitriles is 1. The van der Waals surface area contributed by atoms with Crippen LogP contribution in [0.5, 0.6) is 5.75 Å². The zero-order valence-electron chi connectivity index (χ0n) is 21.5. The van der Waals surface area contributed by atoms with E-state index in [-0.39, 0.29) is 45.7 Å². The van der Waals surface area contributed by atoms with Gasteiger partial charge in [-0.2, -0.15) is 18.4 Å². The topological polar surface area (TPSA) is 100 Å². The average Bonchev–Trinajstić information content (AvgIpc) is 3.22. The molecule has 0 radical (unpaired) electrons. The van der Waals surface area contributed by atoms with E-state index in [1.807, 2.05) is 19.9 Å². The molecule has 2 amide bonds. The Morgan fingerprint density at radius 2 is 1.89 bits per heavy atom. The maximum atomic E-state index is 14.6. The second-order valence-corrected chi connectivity index (χ2v) is 9.71. The number of hydrogen-bond acceptors (Lipinski definition) is 5. The average molecular weight is 528 g/mol. The summed E-state index contributed by atoms with van der Waals surface area (Å²) in [5, 5.41) is 11.5. The van der Waals surface area contributed by atoms with Gasteiger partial charge in [0.2, 0.25) is 5.91 Å². The second kappa shape index (κ2) is 10.4. The summed E-state index contributed by atoms with van der Waals surface area (Å²) in [6, 6.07) is 5.94. The number of fused-ring (bicyclic) bond motifs is 1. The monoisotopic (exact) mass is 527 g/mol. The van der Waals surface area contributed by atoms with Crippen LogP contribution in [0, 0.1) is 17.2 Å². The number of pyridine rings is 1. The number of benzene rings is 1. The number of nitrogens with one attached hydrogen (secondary N) is 1. The highest BCUT2D eigenvalue weighted by atomic mass is 19.4. The maximum absolute atomic E-state index is 14.6. The van der Waals surface area contributed by atoms with E-state index in [0.717, 1.165) is 6.20 Å². The fourth-order valence-corrected chi connectivity index (χ4v) is 4.96. The zero-order valence-corrected chi connectivity index (χ0v) is 21.5. The lowest BCUT2D eigenvalue weighted by molar-refractivity contribution is -0.136. The summed E-state index contributed by atoms with van der Waals surface area (Å²) >= 11 is 0. The number of rotatable bonds is 5. The minimum atomic E-state index is -4.79. The molecule has 38 heavy (non-hydrogen) atoms. The number of aromatic nitrogens is 2. The van der Waals surface area contributed by atoms with Gasteiger partial charge in [0.05, 0.1) is 36.2 Å². The molecule has 8 nitrogen and oxygen atoms in total. The largest absolute Gasteiger partial charge is 0.497 e. The molecule has 0 unspecified atom stereocenters. The van der Waals surface area contributed by atoms with Gasteiger partial charge >= 0.3 is 6.18 Å². The van der Waals surface area contributed by atoms with Gasteiger partial charge in [0.1, 0.15) is 11.4 Å². The van der Waals surface area contributed by atoms with Gasteiger partial charge < -0.3 is 19.5 Å². The maximum Gasteiger partial charge on any atom is 0.419 e. The first-order valence-corrected chi connectivity index (χ1v) is 12.2. The minimum absolute atomic E-state index is 0.0235. The Bertz CT molecular complexity index is 1430. The Kier molecular flexibility index (Phi) is 7.35. The molecule has 4 rings (SSSR count). The first kappa shape index (κ1) is 27.0. The smallest absolute Gasteiger partial charge is 0.419 e. The van der Waals surface area contributed by atoms with Gasteiger partial charge in [0, 0.05) is 43.2 Å². The number of hydrogen-bond donors (Lipinski definition) is 1. The van der Waals surface area contributed by atoms with Crippen molar-refractivity contribution in [2.45, 2.75) is 38.8 Å². The molecule has 3 heterocycles. The van der Waals surface area contributed by atoms with Crippen LogP contribution in [0.1, 0.15) is 59.7 Å². The van der Waals surface area contributed by atoms with Gasteiger partial charge in [0.25, 0.3) is 5.91 Å². The molecule has 2 aromatic heterocycles. The third kappa shape index (κ3) is 5.16. The highest BCUT2D eigenvalue weighted by Crippen LogP contribution is 2.44. The number of anilines is 1. The molecule has 0 saturated carbocycles. The number of aryl methyl sites for hydroxylation is 1. The molecule has 1 aliphatic heterocycles. The molecule has 0 atom stereocenters. The molecule has 1 aliphatic rings. The number of piperidine rings is 1. The minimum Gasteiger partial charge on any atom is -0.497 e. The van der Waals surface area contributed by atoms with E-state index in [9.17, 15) is 28.0 Å². The second-order valence-electron chi connectivity index (χ2n) is 9.71. The molecule has 1 N–H and O–H groups in total. The Hall–Kier alpha value is -4.07. The first-order valence-electron chi connectivity index (χ1n) is 12.2. The number of methoxy groups -OCH3 is 1. The standard InChI is InChI=1S/C27H28F3N5O3/c1-15(2)26(37)35-7-5-17(6-8-35)20-14-34(3)24-22(20)23(27(28,29)30)21(13-32-24)33-25(36)18-9-16(12-31)10-19(11-18)38-4/h9-11,13-15,17H,5-8H2,1-4H3,(H,33,36). The molecule has 1 aromatic carbocycles. The van der Waals surface area contributed by atoms with E-state index in [1.165, 1.54) is 25.3 Å². The van der Waals surface area contributed by atoms with Crippen LogP contribution in [0.4, 0.5) is 18.9 Å². The van der Waals surface area contributed by atoms with Crippen molar-refractivity contribution in [3.8, 4) is 11.8 Å². The fourth-order valence-electron chi connectivity index (χ4n) is 4.96. The van der Waals surface area contributed by atoms with Crippen LogP contribution in [0.15, 0.2) is 30.6 Å². The first-order chi connectivity index (χ1) is 17.9. The van der Waals surface area contributed by atoms with E-state index in [2.05, 4.69) is 10.3 Å². The number of halogens is 3. The summed E-state index contributed by atoms with van der Waals surface area (Å²) in [4.78, 5) is 31.4. The normalized spacial score (nSPS) is 14.6. The Balaban J connectivity index is 1.75. The Morgan fingerprint density at radius 1 is 1.21 bits per heavy atom. The van der Waals surface area contributed by atoms with E-state index >= 15 is 0 Å². The predicted octanol–water partition coefficient (Wildman–Crippen LogP) is 5.09. The van der Waals surface area contributed by atoms with Crippen LogP contribution in [-0.2, 0) is 18.0 Å². The molecule has 11 heteroatoms. The quantitative estimate of drug-likeness (QED) is 0.499. The summed E-state index contributed by atoms with van der Waals surface area (Å²) in [5.74, 6) is -0.928. The van der Waals surface area contributed by atoms with Gasteiger partial charge in [-0.05, 0) is 42.5 Å². The van der Waals surface area contributed by atoms with Crippen molar-refractivity contribution >= 4 is 28.5 Å². The number of carbonyl (C=O) groups excluding carboxylic acids is 2. The molecule has 0 spiro atoms. The van der Waals surface area contributed by atoms with Crippen molar-refractivity contribution in [3.05, 3.63) is 52.8 Å². The van der Waals surface area contributed by atoms with Crippen LogP contribution in [0.25, 0.3) is 11.0 Å². The third-order valence-corrected chi connectivity index (χ3v) is 6.82. The van der Waals surface area contributed by atoms with Crippen molar-refractivity contribution in [1.82, 2.24) is 14.5 Å². The van der Waals surface area contributed by atoms with E-state index in [4.69, 9.17) is 4.74 Å². The zero-order chi connectivity index (χ0) is 27.8. The fraction of sp³-hybridized carbons (Fsp3) is 0.407. The number of ether oxygens (including phenoxy) is 1. The summed E-state index contributed by atoms with van der Waals surface area (Å²) in [7, 11) is 2.99. The molecular formula is C27H28F3N5O3. The lowest BCUT2D eigenvalue weighted by atomic mass is 9.87. The van der Waals surface area contributed by atoms with Crippen LogP contribution in [-0.4, -0.2) is 46.5 Å². The van der Waals surface area contributed by atoms with E-state index < -0.39 is 23.3 Å². The third-order valence-electron chi connectivity index (χ3n) is 6.82. The van der Waals surface area contributed by atoms with Gasteiger partial charge in [-0.1, -0.05) is 13.8 Å². The number of nitrogens with zero attached hydrogens (tertiary/aromatic N) is 4. The van der Waals surface area contributed by atoms with Gasteiger partial charge in [0.15, 0.2) is 0 Å². The Labute approximate surface area is 218 Å². The van der Waals surface area contributed by atoms with Crippen molar-refractivity contribution in [1.29, 1.82) is 5.26 Å². The molecule has 0 aliphatic carbocycles. The lowest BCUT2D eigenvalue weighted by Gasteiger charge is -2.33. The van der Waals surface area contributed by atoms with Crippen LogP contribution in [0.3, 0.4) is 0 Å². The summed E-state index contributed by atoms with van der Waals surface area (Å²) in [5.41, 5.74) is -0.703. The highest BCUT2D eigenvalue weighted by molar-refractivity contribution is 6.06. The van der Waals surface area contributed by atoms with E-state index in [0.29, 0.717) is 31.5 Å². The van der Waals surface area contributed by atoms with E-state index in [1.54, 1.807) is 22.7 Å². The van der Waals surface area contributed by atoms with Crippen molar-refractivity contribution in [2.75, 3.05) is 25.5 Å². The van der Waals surface area contributed by atoms with Crippen molar-refractivity contribution < 1.29 is 27.5 Å². The summed E-state index contributed by atoms with van der Waals surface area (Å²) in [6.07, 6.45) is -1.09. The van der Waals surface area contributed by atoms with Crippen LogP contribution in [0.2, 0.25) is 0 Å². The molecule has 1 fully saturated rings. The lowest BCUT2D eigenvalue weighted by Crippen LogP contribution is -2.40. The molecular weight excluding hydrogens is 499 g/mol. The van der Waals surface area contributed by atoms with Crippen molar-refractivity contribution in [2.24, 2.45) is 13.0 Å². The SMILES string of the molecule is COc1cc(C#N)cc(C(=O)Nc2cnc3c(c(C4CCN(C(=O)C(C)C)CC4)cn3C)c2C(F)(F)F)c1. The van der Waals surface area contributed by atoms with Crippen molar-refractivity contribution in [3.63, 3.8) is 0 Å². The molecule has 0 bridgehead atoms. The van der Waals surface area contributed by atoms with Gasteiger partial charge in [-0.25, -0.2) is 4.98 Å². The number of alkyl halides is 3. The van der Waals surface area contributed by atoms with Gasteiger partial charge in [-0.3, -0.25) is 9.59 Å². The number of carbonyl (C=O) groups is 2. The Morgan fingerprint density at radius 3 is 2.47 bits per heavy atom. The predicted molar refractivity (Wildman–Crippen MR) is 135 cm³/mol. The number of likely N-dealkylation sites (tertiary alicyclic amines) is 1. The molecule has 1 saturated heterocycles. The van der Waals surface area contributed by atoms with Crippen LogP contribution < -0.4 is 10.1 Å². The summed E-state index contributed by atoms with van der Waals surface area (Å²) in [6.45, 7) is 4.56. The molecule has 3 aromatic rings. The number of amides is 2. The molecule has 200 valence electrons. The van der Waals surface area contributed by atoms with Crippen LogP contribution >= 0.6 is 0 Å². The highest BCUT2D eigenvalue weighted by Gasteiger charge is 2.39. The van der Waals surface area contributed by atoms with Gasteiger partial charge in [-0.15, -0.1) is 0 Å².